The van der Waals surface area contributed by atoms with E-state index in [9.17, 15) is 24.1 Å². The van der Waals surface area contributed by atoms with Crippen LogP contribution in [0.2, 0.25) is 0 Å². The summed E-state index contributed by atoms with van der Waals surface area (Å²) in [5, 5.41) is 41.4. The van der Waals surface area contributed by atoms with Gasteiger partial charge in [0.15, 0.2) is 33.8 Å². The highest BCUT2D eigenvalue weighted by Gasteiger charge is 2.45. The molecular formula is C23H28F2N6O4S. The summed E-state index contributed by atoms with van der Waals surface area (Å²) in [6, 6.07) is -6.66. The molecule has 1 aromatic carbocycles. The second kappa shape index (κ2) is 10.5. The number of halogens is 2. The summed E-state index contributed by atoms with van der Waals surface area (Å²) < 4.78 is 99.7. The van der Waals surface area contributed by atoms with Gasteiger partial charge in [0.1, 0.15) is 12.2 Å². The molecule has 13 heteroatoms. The number of benzene rings is 1. The Kier molecular flexibility index (Phi) is 5.00. The second-order valence-electron chi connectivity index (χ2n) is 8.19. The molecule has 0 aliphatic heterocycles. The molecule has 0 radical (unpaired) electrons. The Bertz CT molecular complexity index is 1580. The van der Waals surface area contributed by atoms with Gasteiger partial charge in [0.2, 0.25) is 0 Å². The Balaban J connectivity index is 1.55. The molecule has 2 aliphatic carbocycles. The molecule has 1 unspecified atom stereocenters. The van der Waals surface area contributed by atoms with Crippen LogP contribution in [-0.4, -0.2) is 83.5 Å². The number of nitrogens with one attached hydrogen (secondary N) is 1. The first-order valence-corrected chi connectivity index (χ1v) is 12.1. The summed E-state index contributed by atoms with van der Waals surface area (Å²) >= 11 is 1.19. The number of ether oxygens (including phenoxy) is 1. The lowest BCUT2D eigenvalue weighted by Gasteiger charge is -2.17. The number of rotatable bonds is 10. The Labute approximate surface area is 221 Å². The van der Waals surface area contributed by atoms with Crippen LogP contribution in [-0.2, 0) is 4.74 Å². The van der Waals surface area contributed by atoms with Gasteiger partial charge < -0.3 is 25.4 Å². The van der Waals surface area contributed by atoms with E-state index in [4.69, 9.17) is 15.7 Å². The molecule has 0 amide bonds. The van der Waals surface area contributed by atoms with E-state index < -0.39 is 91.2 Å². The van der Waals surface area contributed by atoms with Gasteiger partial charge in [-0.25, -0.2) is 23.4 Å². The van der Waals surface area contributed by atoms with Crippen LogP contribution < -0.4 is 5.32 Å². The molecule has 2 saturated carbocycles. The van der Waals surface area contributed by atoms with Crippen LogP contribution in [0.25, 0.3) is 11.2 Å². The van der Waals surface area contributed by atoms with Crippen LogP contribution in [0.5, 0.6) is 0 Å². The predicted octanol–water partition coefficient (Wildman–Crippen LogP) is 2.01. The third kappa shape index (κ3) is 4.90. The number of anilines is 1. The van der Waals surface area contributed by atoms with E-state index in [0.717, 1.165) is 4.68 Å². The predicted molar refractivity (Wildman–Crippen MR) is 128 cm³/mol. The van der Waals surface area contributed by atoms with Gasteiger partial charge in [-0.05, 0) is 30.4 Å². The first-order valence-electron chi connectivity index (χ1n) is 15.1. The molecule has 2 aromatic heterocycles. The van der Waals surface area contributed by atoms with Crippen LogP contribution in [0.15, 0.2) is 23.3 Å². The van der Waals surface area contributed by atoms with E-state index in [2.05, 4.69) is 25.6 Å². The molecule has 2 fully saturated rings. The number of nitrogens with zero attached hydrogens (tertiary/aromatic N) is 5. The van der Waals surface area contributed by atoms with Crippen molar-refractivity contribution < 1.29 is 39.8 Å². The smallest absolute Gasteiger partial charge is 0.191 e. The zero-order valence-electron chi connectivity index (χ0n) is 26.9. The maximum Gasteiger partial charge on any atom is 0.191 e. The van der Waals surface area contributed by atoms with Crippen LogP contribution in [0.1, 0.15) is 54.6 Å². The van der Waals surface area contributed by atoms with E-state index in [1.807, 2.05) is 6.92 Å². The number of hydrogen-bond acceptors (Lipinski definition) is 10. The molecule has 2 aliphatic rings. The van der Waals surface area contributed by atoms with Crippen molar-refractivity contribution in [3.63, 3.8) is 0 Å². The maximum atomic E-state index is 14.4. The topological polar surface area (TPSA) is 138 Å². The fourth-order valence-electron chi connectivity index (χ4n) is 3.94. The second-order valence-corrected chi connectivity index (χ2v) is 9.25. The van der Waals surface area contributed by atoms with E-state index in [-0.39, 0.29) is 28.6 Å². The average Bonchev–Trinajstić information content (AvgIpc) is 3.28. The number of hydrogen-bond donors (Lipinski definition) is 4. The van der Waals surface area contributed by atoms with Crippen LogP contribution >= 0.6 is 11.8 Å². The third-order valence-corrected chi connectivity index (χ3v) is 6.79. The van der Waals surface area contributed by atoms with Crippen molar-refractivity contribution in [2.45, 2.75) is 67.6 Å². The Morgan fingerprint density at radius 3 is 2.94 bits per heavy atom. The van der Waals surface area contributed by atoms with Gasteiger partial charge in [-0.2, -0.15) is 0 Å². The quantitative estimate of drug-likeness (QED) is 0.227. The standard InChI is InChI=1S/C23H28F2N6O4S/c1-2-7-36-23-27-21(26-15-9-12(15)11-3-4-13(24)14(25)8-11)18-22(28-23)31(30-29-18)16-10-17(35-6-5-32)20(34)19(16)33/h3-4,8,12,15-17,19-20,32-34H,2,5-7,9-10H2,1H3,(H,26,27,28)/t12?,15-,16+,17-,19-,20+/m0/s1/i3D,4D,6D2,8D,9D2,15D. The minimum Gasteiger partial charge on any atom is -0.394 e. The van der Waals surface area contributed by atoms with Gasteiger partial charge in [0.25, 0.3) is 0 Å². The lowest BCUT2D eigenvalue weighted by molar-refractivity contribution is -0.0629. The van der Waals surface area contributed by atoms with Crippen LogP contribution in [0.3, 0.4) is 0 Å². The Morgan fingerprint density at radius 1 is 1.33 bits per heavy atom. The molecule has 194 valence electrons. The summed E-state index contributed by atoms with van der Waals surface area (Å²) in [6.45, 7) is -1.59. The third-order valence-electron chi connectivity index (χ3n) is 5.74. The Hall–Kier alpha value is -2.45. The van der Waals surface area contributed by atoms with Crippen molar-refractivity contribution in [3.05, 3.63) is 35.3 Å². The molecule has 0 bridgehead atoms. The van der Waals surface area contributed by atoms with E-state index in [1.54, 1.807) is 0 Å². The number of fused-ring (bicyclic) bond motifs is 1. The molecule has 6 atom stereocenters. The zero-order valence-corrected chi connectivity index (χ0v) is 19.7. The monoisotopic (exact) mass is 530 g/mol. The molecular weight excluding hydrogens is 494 g/mol. The van der Waals surface area contributed by atoms with Crippen molar-refractivity contribution in [2.75, 3.05) is 24.2 Å². The first kappa shape index (κ1) is 17.1. The van der Waals surface area contributed by atoms with E-state index in [0.29, 0.717) is 12.2 Å². The minimum atomic E-state index is -2.55. The molecule has 10 nitrogen and oxygen atoms in total. The fraction of sp³-hybridized carbons (Fsp3) is 0.565. The van der Waals surface area contributed by atoms with Gasteiger partial charge in [-0.1, -0.05) is 29.9 Å². The molecule has 0 saturated heterocycles. The zero-order chi connectivity index (χ0) is 32.5. The van der Waals surface area contributed by atoms with E-state index >= 15 is 0 Å². The van der Waals surface area contributed by atoms with Gasteiger partial charge in [0.05, 0.1) is 33.5 Å². The number of aliphatic hydroxyl groups is 3. The fourth-order valence-corrected chi connectivity index (χ4v) is 4.64. The van der Waals surface area contributed by atoms with Gasteiger partial charge in [-0.15, -0.1) is 5.10 Å². The summed E-state index contributed by atoms with van der Waals surface area (Å²) in [4.78, 5) is 8.81. The first-order chi connectivity index (χ1) is 20.5. The number of aromatic nitrogens is 5. The summed E-state index contributed by atoms with van der Waals surface area (Å²) in [5.74, 6) is -4.80. The van der Waals surface area contributed by atoms with Gasteiger partial charge >= 0.3 is 0 Å². The molecule has 5 rings (SSSR count). The lowest BCUT2D eigenvalue weighted by atomic mass is 10.1. The maximum absolute atomic E-state index is 14.4. The minimum absolute atomic E-state index is 0.00633. The van der Waals surface area contributed by atoms with Crippen LogP contribution in [0.4, 0.5) is 14.6 Å². The highest BCUT2D eigenvalue weighted by molar-refractivity contribution is 7.99. The normalized spacial score (nSPS) is 34.7. The highest BCUT2D eigenvalue weighted by Crippen LogP contribution is 2.44. The van der Waals surface area contributed by atoms with Crippen molar-refractivity contribution >= 4 is 28.7 Å². The van der Waals surface area contributed by atoms with Crippen molar-refractivity contribution in [2.24, 2.45) is 0 Å². The summed E-state index contributed by atoms with van der Waals surface area (Å²) in [6.07, 6.45) is -6.34. The SMILES string of the molecule is [2H]c1c([2H])c(C2C([2H])([2H])[C@]2([2H])Nc2nc(SCCC)nc3c2nnn3[C@@H]2C[C@H](OC([2H])([2H])CO)[C@@H](O)[C@H]2O)c([2H])c(F)c1F. The molecule has 4 N–H and O–H groups in total. The summed E-state index contributed by atoms with van der Waals surface area (Å²) in [7, 11) is 0. The molecule has 2 heterocycles. The van der Waals surface area contributed by atoms with Crippen molar-refractivity contribution in [3.8, 4) is 0 Å². The lowest BCUT2D eigenvalue weighted by Crippen LogP contribution is -2.33. The molecule has 0 spiro atoms. The van der Waals surface area contributed by atoms with Crippen molar-refractivity contribution in [1.82, 2.24) is 25.0 Å². The average molecular weight is 531 g/mol. The van der Waals surface area contributed by atoms with E-state index in [1.165, 1.54) is 11.8 Å². The highest BCUT2D eigenvalue weighted by atomic mass is 32.2. The van der Waals surface area contributed by atoms with Gasteiger partial charge in [-0.3, -0.25) is 0 Å². The Morgan fingerprint density at radius 2 is 2.17 bits per heavy atom. The van der Waals surface area contributed by atoms with Crippen LogP contribution in [0, 0.1) is 11.6 Å². The molecule has 3 aromatic rings. The number of thioether (sulfide) groups is 1. The molecule has 36 heavy (non-hydrogen) atoms. The number of aliphatic hydroxyl groups excluding tert-OH is 3. The summed E-state index contributed by atoms with van der Waals surface area (Å²) in [5.41, 5.74) is -0.764. The largest absolute Gasteiger partial charge is 0.394 e. The van der Waals surface area contributed by atoms with Crippen molar-refractivity contribution in [1.29, 1.82) is 0 Å². The van der Waals surface area contributed by atoms with Gasteiger partial charge in [0, 0.05) is 26.9 Å².